The molecule has 1 N–H and O–H groups in total. The van der Waals surface area contributed by atoms with Crippen LogP contribution in [-0.2, 0) is 4.74 Å². The van der Waals surface area contributed by atoms with E-state index in [-0.39, 0.29) is 12.0 Å². The molecule has 0 aromatic carbocycles. The Morgan fingerprint density at radius 3 is 2.83 bits per heavy atom. The minimum Gasteiger partial charge on any atom is -0.376 e. The first kappa shape index (κ1) is 15.0. The van der Waals surface area contributed by atoms with Crippen molar-refractivity contribution in [2.45, 2.75) is 51.6 Å². The van der Waals surface area contributed by atoms with Gasteiger partial charge in [-0.25, -0.2) is 9.97 Å². The Morgan fingerprint density at radius 1 is 1.30 bits per heavy atom. The van der Waals surface area contributed by atoms with Gasteiger partial charge in [-0.1, -0.05) is 0 Å². The zero-order valence-corrected chi connectivity index (χ0v) is 14.3. The molecule has 2 aromatic rings. The summed E-state index contributed by atoms with van der Waals surface area (Å²) in [4.78, 5) is 23.6. The molecular weight excluding hydrogens is 310 g/mol. The van der Waals surface area contributed by atoms with Gasteiger partial charge in [-0.05, 0) is 45.1 Å². The van der Waals surface area contributed by atoms with E-state index in [2.05, 4.69) is 10.3 Å². The number of carbonyl (C=O) groups excluding carboxylic acids is 1. The Morgan fingerprint density at radius 2 is 2.13 bits per heavy atom. The quantitative estimate of drug-likeness (QED) is 0.935. The molecule has 0 spiro atoms. The van der Waals surface area contributed by atoms with Crippen LogP contribution >= 0.6 is 11.3 Å². The highest BCUT2D eigenvalue weighted by molar-refractivity contribution is 7.20. The predicted octanol–water partition coefficient (Wildman–Crippen LogP) is 3.09. The first-order valence-electron chi connectivity index (χ1n) is 8.31. The van der Waals surface area contributed by atoms with Crippen LogP contribution in [0.1, 0.15) is 58.4 Å². The summed E-state index contributed by atoms with van der Waals surface area (Å²) < 4.78 is 5.56. The second-order valence-corrected chi connectivity index (χ2v) is 7.52. The predicted molar refractivity (Wildman–Crippen MR) is 90.2 cm³/mol. The molecular formula is C17H21N3O2S. The second-order valence-electron chi connectivity index (χ2n) is 6.52. The zero-order chi connectivity index (χ0) is 16.0. The third-order valence-electron chi connectivity index (χ3n) is 4.65. The Kier molecular flexibility index (Phi) is 3.81. The molecule has 0 unspecified atom stereocenters. The van der Waals surface area contributed by atoms with Crippen molar-refractivity contribution in [3.63, 3.8) is 0 Å². The summed E-state index contributed by atoms with van der Waals surface area (Å²) in [6, 6.07) is 0. The lowest BCUT2D eigenvalue weighted by Crippen LogP contribution is -2.31. The van der Waals surface area contributed by atoms with Crippen molar-refractivity contribution in [2.75, 3.05) is 13.2 Å². The third-order valence-corrected chi connectivity index (χ3v) is 5.84. The molecule has 1 saturated carbocycles. The average Bonchev–Trinajstić information content (AvgIpc) is 3.15. The summed E-state index contributed by atoms with van der Waals surface area (Å²) in [5.74, 6) is 1.45. The fourth-order valence-corrected chi connectivity index (χ4v) is 4.35. The first-order chi connectivity index (χ1) is 11.1. The smallest absolute Gasteiger partial charge is 0.261 e. The molecule has 3 heterocycles. The van der Waals surface area contributed by atoms with E-state index in [4.69, 9.17) is 9.72 Å². The minimum atomic E-state index is -0.0200. The molecule has 4 rings (SSSR count). The van der Waals surface area contributed by atoms with E-state index in [0.29, 0.717) is 12.5 Å². The van der Waals surface area contributed by atoms with Gasteiger partial charge in [0.15, 0.2) is 0 Å². The van der Waals surface area contributed by atoms with Gasteiger partial charge in [0.1, 0.15) is 10.7 Å². The van der Waals surface area contributed by atoms with E-state index in [0.717, 1.165) is 51.6 Å². The maximum atomic E-state index is 12.5. The van der Waals surface area contributed by atoms with Gasteiger partial charge in [-0.3, -0.25) is 4.79 Å². The lowest BCUT2D eigenvalue weighted by Gasteiger charge is -2.10. The van der Waals surface area contributed by atoms with Crippen LogP contribution in [0.2, 0.25) is 0 Å². The van der Waals surface area contributed by atoms with Crippen LogP contribution in [-0.4, -0.2) is 35.1 Å². The van der Waals surface area contributed by atoms with Gasteiger partial charge >= 0.3 is 0 Å². The van der Waals surface area contributed by atoms with Gasteiger partial charge in [0, 0.05) is 24.5 Å². The average molecular weight is 331 g/mol. The number of carbonyl (C=O) groups is 1. The fourth-order valence-electron chi connectivity index (χ4n) is 3.19. The Balaban J connectivity index is 1.60. The maximum Gasteiger partial charge on any atom is 0.261 e. The standard InChI is InChI=1S/C17H21N3O2S/c1-9-13-10(2)19-15(11-5-6-11)20-17(13)23-14(9)16(21)18-8-12-4-3-7-22-12/h11-12H,3-8H2,1-2H3,(H,18,21)/t12-/m0/s1. The molecule has 0 bridgehead atoms. The lowest BCUT2D eigenvalue weighted by atomic mass is 10.1. The van der Waals surface area contributed by atoms with Crippen LogP contribution in [0, 0.1) is 13.8 Å². The molecule has 1 saturated heterocycles. The van der Waals surface area contributed by atoms with Crippen molar-refractivity contribution < 1.29 is 9.53 Å². The van der Waals surface area contributed by atoms with Gasteiger partial charge in [0.05, 0.1) is 16.7 Å². The molecule has 5 nitrogen and oxygen atoms in total. The SMILES string of the molecule is Cc1nc(C2CC2)nc2sc(C(=O)NC[C@@H]3CCCO3)c(C)c12. The van der Waals surface area contributed by atoms with Crippen molar-refractivity contribution in [1.29, 1.82) is 0 Å². The Hall–Kier alpha value is -1.53. The number of nitrogens with one attached hydrogen (secondary N) is 1. The van der Waals surface area contributed by atoms with Crippen LogP contribution < -0.4 is 5.32 Å². The molecule has 23 heavy (non-hydrogen) atoms. The lowest BCUT2D eigenvalue weighted by molar-refractivity contribution is 0.0860. The van der Waals surface area contributed by atoms with Crippen molar-refractivity contribution in [3.8, 4) is 0 Å². The molecule has 2 aliphatic rings. The number of amides is 1. The van der Waals surface area contributed by atoms with Gasteiger partial charge in [-0.15, -0.1) is 11.3 Å². The number of hydrogen-bond acceptors (Lipinski definition) is 5. The van der Waals surface area contributed by atoms with E-state index < -0.39 is 0 Å². The Bertz CT molecular complexity index is 761. The number of ether oxygens (including phenoxy) is 1. The second kappa shape index (κ2) is 5.83. The number of thiophene rings is 1. The molecule has 1 aliphatic carbocycles. The molecule has 6 heteroatoms. The summed E-state index contributed by atoms with van der Waals surface area (Å²) in [6.07, 6.45) is 4.65. The van der Waals surface area contributed by atoms with Crippen molar-refractivity contribution in [3.05, 3.63) is 22.0 Å². The summed E-state index contributed by atoms with van der Waals surface area (Å²) in [7, 11) is 0. The zero-order valence-electron chi connectivity index (χ0n) is 13.5. The molecule has 122 valence electrons. The first-order valence-corrected chi connectivity index (χ1v) is 9.12. The van der Waals surface area contributed by atoms with Crippen molar-refractivity contribution in [2.24, 2.45) is 0 Å². The normalized spacial score (nSPS) is 21.0. The number of aryl methyl sites for hydroxylation is 2. The summed E-state index contributed by atoms with van der Waals surface area (Å²) >= 11 is 1.48. The molecule has 1 aliphatic heterocycles. The summed E-state index contributed by atoms with van der Waals surface area (Å²) in [5.41, 5.74) is 1.98. The third kappa shape index (κ3) is 2.85. The highest BCUT2D eigenvalue weighted by Crippen LogP contribution is 2.40. The van der Waals surface area contributed by atoms with Crippen LogP contribution in [0.25, 0.3) is 10.2 Å². The monoisotopic (exact) mass is 331 g/mol. The number of fused-ring (bicyclic) bond motifs is 1. The topological polar surface area (TPSA) is 64.1 Å². The Labute approximate surface area is 139 Å². The summed E-state index contributed by atoms with van der Waals surface area (Å²) in [5, 5.41) is 4.05. The van der Waals surface area contributed by atoms with Crippen LogP contribution in [0.3, 0.4) is 0 Å². The van der Waals surface area contributed by atoms with Crippen LogP contribution in [0.15, 0.2) is 0 Å². The van der Waals surface area contributed by atoms with Crippen molar-refractivity contribution in [1.82, 2.24) is 15.3 Å². The fraction of sp³-hybridized carbons (Fsp3) is 0.588. The molecule has 2 aromatic heterocycles. The van der Waals surface area contributed by atoms with Gasteiger partial charge < -0.3 is 10.1 Å². The molecule has 2 fully saturated rings. The van der Waals surface area contributed by atoms with Gasteiger partial charge in [0.2, 0.25) is 0 Å². The van der Waals surface area contributed by atoms with Gasteiger partial charge in [-0.2, -0.15) is 0 Å². The number of aromatic nitrogens is 2. The van der Waals surface area contributed by atoms with Crippen LogP contribution in [0.4, 0.5) is 0 Å². The molecule has 0 radical (unpaired) electrons. The number of rotatable bonds is 4. The highest BCUT2D eigenvalue weighted by Gasteiger charge is 2.28. The van der Waals surface area contributed by atoms with E-state index in [9.17, 15) is 4.79 Å². The minimum absolute atomic E-state index is 0.0200. The van der Waals surface area contributed by atoms with Crippen LogP contribution in [0.5, 0.6) is 0 Å². The van der Waals surface area contributed by atoms with Crippen molar-refractivity contribution >= 4 is 27.5 Å². The number of nitrogens with zero attached hydrogens (tertiary/aromatic N) is 2. The molecule has 1 amide bonds. The van der Waals surface area contributed by atoms with E-state index in [1.807, 2.05) is 13.8 Å². The largest absolute Gasteiger partial charge is 0.376 e. The number of hydrogen-bond donors (Lipinski definition) is 1. The van der Waals surface area contributed by atoms with E-state index in [1.54, 1.807) is 0 Å². The van der Waals surface area contributed by atoms with E-state index in [1.165, 1.54) is 24.2 Å². The van der Waals surface area contributed by atoms with Gasteiger partial charge in [0.25, 0.3) is 5.91 Å². The maximum absolute atomic E-state index is 12.5. The highest BCUT2D eigenvalue weighted by atomic mass is 32.1. The summed E-state index contributed by atoms with van der Waals surface area (Å²) in [6.45, 7) is 5.41. The molecule has 1 atom stereocenters. The van der Waals surface area contributed by atoms with E-state index >= 15 is 0 Å².